The third kappa shape index (κ3) is 2.81. The second-order valence-electron chi connectivity index (χ2n) is 3.26. The maximum Gasteiger partial charge on any atom is 0.119 e. The van der Waals surface area contributed by atoms with Gasteiger partial charge in [-0.15, -0.1) is 22.0 Å². The molecule has 16 heavy (non-hydrogen) atoms. The average molecular weight is 231 g/mol. The lowest BCUT2D eigenvalue weighted by molar-refractivity contribution is 0.934. The predicted molar refractivity (Wildman–Crippen MR) is 67.2 cm³/mol. The van der Waals surface area contributed by atoms with E-state index in [-0.39, 0.29) is 0 Å². The second kappa shape index (κ2) is 5.63. The monoisotopic (exact) mass is 231 g/mol. The Bertz CT molecular complexity index is 428. The summed E-state index contributed by atoms with van der Waals surface area (Å²) in [5, 5.41) is 9.26. The summed E-state index contributed by atoms with van der Waals surface area (Å²) < 4.78 is 0. The first-order valence-corrected chi connectivity index (χ1v) is 6.11. The molecule has 2 rings (SSSR count). The highest BCUT2D eigenvalue weighted by Gasteiger charge is 2.00. The van der Waals surface area contributed by atoms with E-state index in [1.807, 2.05) is 42.5 Å². The van der Waals surface area contributed by atoms with Crippen molar-refractivity contribution >= 4 is 11.8 Å². The van der Waals surface area contributed by atoms with Gasteiger partial charge in [0.25, 0.3) is 0 Å². The van der Waals surface area contributed by atoms with Gasteiger partial charge in [-0.25, -0.2) is 0 Å². The normalized spacial score (nSPS) is 10.3. The molecule has 2 N–H and O–H groups in total. The molecule has 0 aliphatic heterocycles. The number of nitrogens with two attached hydrogens (primary N) is 1. The number of aromatic nitrogens is 2. The Balaban J connectivity index is 2.13. The van der Waals surface area contributed by atoms with Gasteiger partial charge in [-0.1, -0.05) is 30.3 Å². The highest BCUT2D eigenvalue weighted by atomic mass is 32.2. The number of hydrogen-bond donors (Lipinski definition) is 1. The van der Waals surface area contributed by atoms with Crippen molar-refractivity contribution in [2.75, 3.05) is 12.3 Å². The summed E-state index contributed by atoms with van der Waals surface area (Å²) in [5.41, 5.74) is 7.42. The smallest absolute Gasteiger partial charge is 0.119 e. The molecular weight excluding hydrogens is 218 g/mol. The molecule has 0 aliphatic carbocycles. The number of thioether (sulfide) groups is 1. The molecule has 0 saturated carbocycles. The SMILES string of the molecule is NCCSc1ccc(-c2ccccc2)nn1. The van der Waals surface area contributed by atoms with E-state index in [4.69, 9.17) is 5.73 Å². The van der Waals surface area contributed by atoms with Gasteiger partial charge in [0.05, 0.1) is 5.69 Å². The fraction of sp³-hybridized carbons (Fsp3) is 0.167. The van der Waals surface area contributed by atoms with E-state index in [1.54, 1.807) is 11.8 Å². The minimum absolute atomic E-state index is 0.660. The van der Waals surface area contributed by atoms with Crippen LogP contribution in [0.15, 0.2) is 47.5 Å². The van der Waals surface area contributed by atoms with E-state index < -0.39 is 0 Å². The largest absolute Gasteiger partial charge is 0.330 e. The first-order chi connectivity index (χ1) is 7.90. The predicted octanol–water partition coefficient (Wildman–Crippen LogP) is 2.19. The average Bonchev–Trinajstić information content (AvgIpc) is 2.38. The lowest BCUT2D eigenvalue weighted by atomic mass is 10.1. The van der Waals surface area contributed by atoms with Crippen LogP contribution < -0.4 is 5.73 Å². The number of hydrogen-bond acceptors (Lipinski definition) is 4. The van der Waals surface area contributed by atoms with Crippen LogP contribution in [-0.2, 0) is 0 Å². The van der Waals surface area contributed by atoms with Crippen molar-refractivity contribution in [2.45, 2.75) is 5.03 Å². The molecule has 1 aromatic heterocycles. The van der Waals surface area contributed by atoms with Gasteiger partial charge in [-0.05, 0) is 12.1 Å². The van der Waals surface area contributed by atoms with E-state index >= 15 is 0 Å². The quantitative estimate of drug-likeness (QED) is 0.820. The van der Waals surface area contributed by atoms with Gasteiger partial charge in [0.1, 0.15) is 5.03 Å². The minimum Gasteiger partial charge on any atom is -0.330 e. The molecule has 0 spiro atoms. The van der Waals surface area contributed by atoms with E-state index in [9.17, 15) is 0 Å². The van der Waals surface area contributed by atoms with Crippen LogP contribution in [0.25, 0.3) is 11.3 Å². The van der Waals surface area contributed by atoms with Gasteiger partial charge < -0.3 is 5.73 Å². The molecule has 0 aliphatic rings. The summed E-state index contributed by atoms with van der Waals surface area (Å²) in [6, 6.07) is 14.0. The van der Waals surface area contributed by atoms with Gasteiger partial charge in [0.15, 0.2) is 0 Å². The molecule has 82 valence electrons. The zero-order chi connectivity index (χ0) is 11.2. The third-order valence-corrected chi connectivity index (χ3v) is 3.03. The van der Waals surface area contributed by atoms with Crippen molar-refractivity contribution in [3.05, 3.63) is 42.5 Å². The van der Waals surface area contributed by atoms with Crippen LogP contribution in [0.5, 0.6) is 0 Å². The molecule has 1 aromatic carbocycles. The molecule has 4 heteroatoms. The van der Waals surface area contributed by atoms with Crippen LogP contribution in [0.4, 0.5) is 0 Å². The maximum absolute atomic E-state index is 5.43. The Labute approximate surface area is 99.1 Å². The molecule has 0 saturated heterocycles. The zero-order valence-electron chi connectivity index (χ0n) is 8.84. The lowest BCUT2D eigenvalue weighted by Crippen LogP contribution is -2.01. The summed E-state index contributed by atoms with van der Waals surface area (Å²) in [6.07, 6.45) is 0. The topological polar surface area (TPSA) is 51.8 Å². The molecule has 3 nitrogen and oxygen atoms in total. The van der Waals surface area contributed by atoms with Crippen LogP contribution in [-0.4, -0.2) is 22.5 Å². The maximum atomic E-state index is 5.43. The first-order valence-electron chi connectivity index (χ1n) is 5.12. The van der Waals surface area contributed by atoms with Crippen molar-refractivity contribution in [2.24, 2.45) is 5.73 Å². The van der Waals surface area contributed by atoms with Crippen molar-refractivity contribution in [1.82, 2.24) is 10.2 Å². The van der Waals surface area contributed by atoms with Crippen LogP contribution >= 0.6 is 11.8 Å². The molecule has 0 atom stereocenters. The highest BCUT2D eigenvalue weighted by Crippen LogP contribution is 2.18. The minimum atomic E-state index is 0.660. The Kier molecular flexibility index (Phi) is 3.91. The summed E-state index contributed by atoms with van der Waals surface area (Å²) in [4.78, 5) is 0. The fourth-order valence-corrected chi connectivity index (χ4v) is 1.91. The molecular formula is C12H13N3S. The molecule has 0 bridgehead atoms. The molecule has 0 radical (unpaired) electrons. The molecule has 0 unspecified atom stereocenters. The van der Waals surface area contributed by atoms with E-state index in [0.29, 0.717) is 6.54 Å². The zero-order valence-corrected chi connectivity index (χ0v) is 9.65. The summed E-state index contributed by atoms with van der Waals surface area (Å²) in [6.45, 7) is 0.660. The fourth-order valence-electron chi connectivity index (χ4n) is 1.32. The molecule has 2 aromatic rings. The Morgan fingerprint density at radius 2 is 1.81 bits per heavy atom. The van der Waals surface area contributed by atoms with Crippen LogP contribution in [0.2, 0.25) is 0 Å². The Morgan fingerprint density at radius 1 is 1.00 bits per heavy atom. The molecule has 0 fully saturated rings. The van der Waals surface area contributed by atoms with Gasteiger partial charge in [0.2, 0.25) is 0 Å². The van der Waals surface area contributed by atoms with E-state index in [2.05, 4.69) is 10.2 Å². The summed E-state index contributed by atoms with van der Waals surface area (Å²) in [5.74, 6) is 0.874. The van der Waals surface area contributed by atoms with E-state index in [0.717, 1.165) is 22.0 Å². The summed E-state index contributed by atoms with van der Waals surface area (Å²) in [7, 11) is 0. The summed E-state index contributed by atoms with van der Waals surface area (Å²) >= 11 is 1.63. The standard InChI is InChI=1S/C12H13N3S/c13-8-9-16-12-7-6-11(14-15-12)10-4-2-1-3-5-10/h1-7H,8-9,13H2. The Morgan fingerprint density at radius 3 is 2.44 bits per heavy atom. The van der Waals surface area contributed by atoms with E-state index in [1.165, 1.54) is 0 Å². The molecule has 1 heterocycles. The van der Waals surface area contributed by atoms with Crippen molar-refractivity contribution in [3.63, 3.8) is 0 Å². The van der Waals surface area contributed by atoms with Crippen LogP contribution in [0.1, 0.15) is 0 Å². The Hall–Kier alpha value is -1.39. The van der Waals surface area contributed by atoms with Crippen molar-refractivity contribution < 1.29 is 0 Å². The van der Waals surface area contributed by atoms with Gasteiger partial charge in [-0.2, -0.15) is 0 Å². The van der Waals surface area contributed by atoms with Crippen molar-refractivity contribution in [3.8, 4) is 11.3 Å². The van der Waals surface area contributed by atoms with Gasteiger partial charge in [0, 0.05) is 17.9 Å². The highest BCUT2D eigenvalue weighted by molar-refractivity contribution is 7.99. The third-order valence-electron chi connectivity index (χ3n) is 2.08. The number of benzene rings is 1. The molecule has 0 amide bonds. The van der Waals surface area contributed by atoms with Crippen LogP contribution in [0.3, 0.4) is 0 Å². The van der Waals surface area contributed by atoms with Crippen LogP contribution in [0, 0.1) is 0 Å². The van der Waals surface area contributed by atoms with Gasteiger partial charge in [-0.3, -0.25) is 0 Å². The lowest BCUT2D eigenvalue weighted by Gasteiger charge is -2.01. The first kappa shape index (κ1) is 11.1. The number of nitrogens with zero attached hydrogens (tertiary/aromatic N) is 2. The van der Waals surface area contributed by atoms with Crippen molar-refractivity contribution in [1.29, 1.82) is 0 Å². The second-order valence-corrected chi connectivity index (χ2v) is 4.38. The van der Waals surface area contributed by atoms with Gasteiger partial charge >= 0.3 is 0 Å². The number of rotatable bonds is 4.